The summed E-state index contributed by atoms with van der Waals surface area (Å²) in [6, 6.07) is 6.98. The summed E-state index contributed by atoms with van der Waals surface area (Å²) in [5.41, 5.74) is 0.101. The van der Waals surface area contributed by atoms with Crippen molar-refractivity contribution in [2.45, 2.75) is 103 Å². The molecule has 0 spiro atoms. The van der Waals surface area contributed by atoms with Crippen LogP contribution in [-0.4, -0.2) is 32.1 Å². The Morgan fingerprint density at radius 3 is 1.93 bits per heavy atom. The number of phenols is 3. The summed E-state index contributed by atoms with van der Waals surface area (Å²) >= 11 is 0. The van der Waals surface area contributed by atoms with Crippen molar-refractivity contribution in [3.8, 4) is 40.0 Å². The number of benzene rings is 2. The van der Waals surface area contributed by atoms with Gasteiger partial charge in [0.05, 0.1) is 23.7 Å². The van der Waals surface area contributed by atoms with Crippen LogP contribution in [0.15, 0.2) is 41.2 Å². The molecule has 1 aromatic heterocycles. The summed E-state index contributed by atoms with van der Waals surface area (Å²) < 4.78 is 6.80. The van der Waals surface area contributed by atoms with E-state index in [-0.39, 0.29) is 33.8 Å². The maximum atomic E-state index is 13.0. The number of nitrogens with zero attached hydrogens (tertiary/aromatic N) is 1. The lowest BCUT2D eigenvalue weighted by Gasteiger charge is -2.17. The van der Waals surface area contributed by atoms with Gasteiger partial charge < -0.3 is 29.7 Å². The smallest absolute Gasteiger partial charge is 0.235 e. The quantitative estimate of drug-likeness (QED) is 0.115. The van der Waals surface area contributed by atoms with Gasteiger partial charge in [0.15, 0.2) is 17.2 Å². The Morgan fingerprint density at radius 1 is 0.756 bits per heavy atom. The molecule has 41 heavy (non-hydrogen) atoms. The Kier molecular flexibility index (Phi) is 12.9. The van der Waals surface area contributed by atoms with Crippen LogP contribution in [0.1, 0.15) is 103 Å². The van der Waals surface area contributed by atoms with Crippen molar-refractivity contribution < 1.29 is 25.2 Å². The van der Waals surface area contributed by atoms with Crippen LogP contribution in [0.25, 0.3) is 28.4 Å². The molecule has 0 amide bonds. The second kappa shape index (κ2) is 16.6. The number of phenolic OH excluding ortho intramolecular Hbond substituents is 3. The second-order valence-corrected chi connectivity index (χ2v) is 10.9. The number of methoxy groups -OCH3 is 1. The average molecular weight is 566 g/mol. The number of aromatic hydroxyl groups is 4. The molecule has 7 heteroatoms. The summed E-state index contributed by atoms with van der Waals surface area (Å²) in [5.74, 6) is -1.06. The van der Waals surface area contributed by atoms with Gasteiger partial charge in [-0.05, 0) is 31.0 Å². The molecule has 0 aliphatic heterocycles. The molecule has 0 fully saturated rings. The highest BCUT2D eigenvalue weighted by Gasteiger charge is 2.21. The molecule has 2 aromatic carbocycles. The number of unbranched alkanes of at least 4 members (excludes halogenated alkanes) is 14. The zero-order valence-electron chi connectivity index (χ0n) is 24.7. The molecule has 224 valence electrons. The largest absolute Gasteiger partial charge is 0.508 e. The predicted octanol–water partition coefficient (Wildman–Crippen LogP) is 8.84. The number of rotatable bonds is 18. The second-order valence-electron chi connectivity index (χ2n) is 10.9. The van der Waals surface area contributed by atoms with E-state index < -0.39 is 16.9 Å². The van der Waals surface area contributed by atoms with E-state index in [2.05, 4.69) is 6.92 Å². The fraction of sp³-hybridized carbons (Fsp3) is 0.500. The first-order valence-corrected chi connectivity index (χ1v) is 15.3. The van der Waals surface area contributed by atoms with Crippen molar-refractivity contribution in [1.29, 1.82) is 0 Å². The Labute approximate surface area is 243 Å². The van der Waals surface area contributed by atoms with Crippen molar-refractivity contribution in [2.24, 2.45) is 0 Å². The summed E-state index contributed by atoms with van der Waals surface area (Å²) in [6.07, 6.45) is 22.6. The average Bonchev–Trinajstić information content (AvgIpc) is 2.95. The van der Waals surface area contributed by atoms with Gasteiger partial charge in [-0.25, -0.2) is 0 Å². The summed E-state index contributed by atoms with van der Waals surface area (Å²) in [5, 5.41) is 41.5. The Balaban J connectivity index is 1.61. The van der Waals surface area contributed by atoms with Crippen LogP contribution >= 0.6 is 0 Å². The van der Waals surface area contributed by atoms with Crippen LogP contribution in [0.2, 0.25) is 0 Å². The van der Waals surface area contributed by atoms with Crippen molar-refractivity contribution in [1.82, 2.24) is 4.57 Å². The minimum absolute atomic E-state index is 0.0749. The first-order chi connectivity index (χ1) is 19.9. The first-order valence-electron chi connectivity index (χ1n) is 15.3. The first kappa shape index (κ1) is 31.9. The molecule has 0 aliphatic rings. The van der Waals surface area contributed by atoms with Gasteiger partial charge in [0, 0.05) is 23.9 Å². The predicted molar refractivity (Wildman–Crippen MR) is 167 cm³/mol. The van der Waals surface area contributed by atoms with Crippen LogP contribution in [0.3, 0.4) is 0 Å². The normalized spacial score (nSPS) is 11.6. The number of fused-ring (bicyclic) bond motifs is 1. The van der Waals surface area contributed by atoms with Crippen molar-refractivity contribution in [3.05, 3.63) is 46.6 Å². The Morgan fingerprint density at radius 2 is 1.34 bits per heavy atom. The number of aromatic nitrogens is 1. The van der Waals surface area contributed by atoms with E-state index in [1.165, 1.54) is 102 Å². The maximum absolute atomic E-state index is 13.0. The molecule has 0 atom stereocenters. The minimum Gasteiger partial charge on any atom is -0.508 e. The SMILES string of the molecule is CCCCCCCCCCCCCCCCC=Cn1c(-c2ccc(O)c(OC)c2)c(O)c(=O)c2c(O)cc(O)cc21. The zero-order valence-corrected chi connectivity index (χ0v) is 24.7. The molecule has 7 nitrogen and oxygen atoms in total. The Hall–Kier alpha value is -3.61. The molecule has 0 saturated carbocycles. The summed E-state index contributed by atoms with van der Waals surface area (Å²) in [7, 11) is 1.42. The van der Waals surface area contributed by atoms with Crippen molar-refractivity contribution in [2.75, 3.05) is 7.11 Å². The molecule has 4 N–H and O–H groups in total. The van der Waals surface area contributed by atoms with E-state index >= 15 is 0 Å². The van der Waals surface area contributed by atoms with Crippen LogP contribution in [-0.2, 0) is 0 Å². The number of ether oxygens (including phenoxy) is 1. The van der Waals surface area contributed by atoms with Crippen LogP contribution < -0.4 is 10.2 Å². The summed E-state index contributed by atoms with van der Waals surface area (Å²) in [6.45, 7) is 2.26. The van der Waals surface area contributed by atoms with Gasteiger partial charge in [-0.2, -0.15) is 0 Å². The molecule has 0 radical (unpaired) electrons. The standard InChI is InChI=1S/C34H47NO6/c1-3-4-5-6-7-8-9-10-11-12-13-14-15-16-17-18-21-35-27-23-26(36)24-29(38)31(27)33(39)34(40)32(35)25-19-20-28(37)30(22-25)41-2/h18-24,36-38,40H,3-17H2,1-2H3. The fourth-order valence-electron chi connectivity index (χ4n) is 5.37. The third kappa shape index (κ3) is 8.94. The molecule has 0 aliphatic carbocycles. The van der Waals surface area contributed by atoms with Gasteiger partial charge >= 0.3 is 0 Å². The molecular formula is C34H47NO6. The zero-order chi connectivity index (χ0) is 29.6. The van der Waals surface area contributed by atoms with Gasteiger partial charge in [-0.1, -0.05) is 96.5 Å². The monoisotopic (exact) mass is 565 g/mol. The maximum Gasteiger partial charge on any atom is 0.235 e. The van der Waals surface area contributed by atoms with Gasteiger partial charge in [-0.3, -0.25) is 4.79 Å². The fourth-order valence-corrected chi connectivity index (χ4v) is 5.37. The van der Waals surface area contributed by atoms with E-state index in [4.69, 9.17) is 4.74 Å². The number of allylic oxidation sites excluding steroid dienone is 1. The lowest BCUT2D eigenvalue weighted by molar-refractivity contribution is 0.373. The highest BCUT2D eigenvalue weighted by atomic mass is 16.5. The van der Waals surface area contributed by atoms with E-state index in [0.717, 1.165) is 25.3 Å². The highest BCUT2D eigenvalue weighted by molar-refractivity contribution is 5.93. The lowest BCUT2D eigenvalue weighted by atomic mass is 10.0. The van der Waals surface area contributed by atoms with Crippen molar-refractivity contribution >= 4 is 17.1 Å². The Bertz CT molecular complexity index is 1340. The van der Waals surface area contributed by atoms with Crippen molar-refractivity contribution in [3.63, 3.8) is 0 Å². The van der Waals surface area contributed by atoms with Crippen LogP contribution in [0.5, 0.6) is 28.7 Å². The van der Waals surface area contributed by atoms with Crippen LogP contribution in [0, 0.1) is 0 Å². The van der Waals surface area contributed by atoms with E-state index in [1.807, 2.05) is 6.08 Å². The number of pyridine rings is 1. The third-order valence-electron chi connectivity index (χ3n) is 7.68. The molecular weight excluding hydrogens is 518 g/mol. The molecule has 0 unspecified atom stereocenters. The van der Waals surface area contributed by atoms with Gasteiger partial charge in [0.1, 0.15) is 11.5 Å². The van der Waals surface area contributed by atoms with Gasteiger partial charge in [-0.15, -0.1) is 0 Å². The van der Waals surface area contributed by atoms with Gasteiger partial charge in [0.2, 0.25) is 5.43 Å². The molecule has 3 rings (SSSR count). The summed E-state index contributed by atoms with van der Waals surface area (Å²) in [4.78, 5) is 13.0. The number of hydrogen-bond acceptors (Lipinski definition) is 6. The molecule has 0 bridgehead atoms. The molecule has 1 heterocycles. The third-order valence-corrected chi connectivity index (χ3v) is 7.68. The van der Waals surface area contributed by atoms with Gasteiger partial charge in [0.25, 0.3) is 0 Å². The lowest BCUT2D eigenvalue weighted by Crippen LogP contribution is -2.10. The minimum atomic E-state index is -0.754. The van der Waals surface area contributed by atoms with E-state index in [1.54, 1.807) is 16.8 Å². The van der Waals surface area contributed by atoms with E-state index in [0.29, 0.717) is 5.56 Å². The highest BCUT2D eigenvalue weighted by Crippen LogP contribution is 2.38. The molecule has 3 aromatic rings. The van der Waals surface area contributed by atoms with Crippen LogP contribution in [0.4, 0.5) is 0 Å². The van der Waals surface area contributed by atoms with E-state index in [9.17, 15) is 25.2 Å². The molecule has 0 saturated heterocycles. The number of hydrogen-bond donors (Lipinski definition) is 4. The topological polar surface area (TPSA) is 112 Å².